The van der Waals surface area contributed by atoms with E-state index < -0.39 is 0 Å². The third-order valence-electron chi connectivity index (χ3n) is 4.11. The van der Waals surface area contributed by atoms with E-state index in [2.05, 4.69) is 15.3 Å². The van der Waals surface area contributed by atoms with Crippen LogP contribution < -0.4 is 10.9 Å². The molecular weight excluding hydrogens is 425 g/mol. The largest absolute Gasteiger partial charge is 0.325 e. The number of benzene rings is 1. The zero-order valence-corrected chi connectivity index (χ0v) is 18.0. The normalized spacial score (nSPS) is 12.3. The summed E-state index contributed by atoms with van der Waals surface area (Å²) in [7, 11) is 0. The highest BCUT2D eigenvalue weighted by Crippen LogP contribution is 2.27. The van der Waals surface area contributed by atoms with Crippen LogP contribution in [0.4, 0.5) is 5.69 Å². The third kappa shape index (κ3) is 4.48. The fraction of sp³-hybridized carbons (Fsp3) is 0.278. The molecule has 5 nitrogen and oxygen atoms in total. The lowest BCUT2D eigenvalue weighted by Gasteiger charge is -2.12. The lowest BCUT2D eigenvalue weighted by molar-refractivity contribution is -0.115. The van der Waals surface area contributed by atoms with E-state index in [1.807, 2.05) is 13.8 Å². The Morgan fingerprint density at radius 3 is 2.78 bits per heavy atom. The van der Waals surface area contributed by atoms with Crippen LogP contribution in [0.1, 0.15) is 23.2 Å². The lowest BCUT2D eigenvalue weighted by Crippen LogP contribution is -2.23. The number of nitrogens with zero attached hydrogens (tertiary/aromatic N) is 1. The Balaban J connectivity index is 1.67. The number of fused-ring (bicyclic) bond motifs is 1. The topological polar surface area (TPSA) is 74.8 Å². The van der Waals surface area contributed by atoms with E-state index in [1.54, 1.807) is 25.1 Å². The van der Waals surface area contributed by atoms with Crippen LogP contribution in [0.2, 0.25) is 10.0 Å². The van der Waals surface area contributed by atoms with Gasteiger partial charge in [-0.25, -0.2) is 4.98 Å². The van der Waals surface area contributed by atoms with E-state index in [0.717, 1.165) is 15.3 Å². The molecular formula is C18H17Cl2N3O2S2. The average molecular weight is 442 g/mol. The second-order valence-corrected chi connectivity index (χ2v) is 9.39. The molecule has 0 radical (unpaired) electrons. The molecule has 3 aromatic rings. The average Bonchev–Trinajstić information content (AvgIpc) is 2.90. The van der Waals surface area contributed by atoms with Crippen LogP contribution in [0, 0.1) is 13.8 Å². The number of thiophene rings is 1. The van der Waals surface area contributed by atoms with E-state index in [-0.39, 0.29) is 16.7 Å². The van der Waals surface area contributed by atoms with Crippen LogP contribution in [-0.2, 0) is 10.5 Å². The Labute approximate surface area is 174 Å². The van der Waals surface area contributed by atoms with Crippen molar-refractivity contribution in [3.05, 3.63) is 54.9 Å². The van der Waals surface area contributed by atoms with Crippen molar-refractivity contribution in [3.63, 3.8) is 0 Å². The number of H-pyrrole nitrogens is 1. The van der Waals surface area contributed by atoms with Crippen molar-refractivity contribution < 1.29 is 4.79 Å². The molecule has 0 aliphatic rings. The molecule has 1 aromatic carbocycles. The Hall–Kier alpha value is -1.54. The second kappa shape index (κ2) is 8.22. The van der Waals surface area contributed by atoms with Crippen molar-refractivity contribution in [2.45, 2.75) is 31.8 Å². The van der Waals surface area contributed by atoms with Gasteiger partial charge in [-0.15, -0.1) is 23.1 Å². The monoisotopic (exact) mass is 441 g/mol. The Bertz CT molecular complexity index is 1080. The molecule has 27 heavy (non-hydrogen) atoms. The number of amides is 1. The van der Waals surface area contributed by atoms with Crippen molar-refractivity contribution in [1.82, 2.24) is 9.97 Å². The third-order valence-corrected chi connectivity index (χ3v) is 7.11. The molecule has 3 rings (SSSR count). The molecule has 0 fully saturated rings. The van der Waals surface area contributed by atoms with Crippen LogP contribution in [0.5, 0.6) is 0 Å². The van der Waals surface area contributed by atoms with Gasteiger partial charge < -0.3 is 10.3 Å². The van der Waals surface area contributed by atoms with Gasteiger partial charge in [0.1, 0.15) is 10.7 Å². The second-order valence-electron chi connectivity index (χ2n) is 6.05. The number of aromatic nitrogens is 2. The van der Waals surface area contributed by atoms with Gasteiger partial charge in [-0.3, -0.25) is 9.59 Å². The molecule has 1 atom stereocenters. The minimum Gasteiger partial charge on any atom is -0.325 e. The summed E-state index contributed by atoms with van der Waals surface area (Å²) in [6, 6.07) is 4.93. The quantitative estimate of drug-likeness (QED) is 0.572. The fourth-order valence-electron chi connectivity index (χ4n) is 2.46. The van der Waals surface area contributed by atoms with Crippen molar-refractivity contribution in [1.29, 1.82) is 0 Å². The van der Waals surface area contributed by atoms with Gasteiger partial charge in [-0.2, -0.15) is 0 Å². The highest BCUT2D eigenvalue weighted by molar-refractivity contribution is 7.99. The maximum absolute atomic E-state index is 12.4. The number of aromatic amines is 1. The Kier molecular flexibility index (Phi) is 6.15. The summed E-state index contributed by atoms with van der Waals surface area (Å²) in [5, 5.41) is 3.93. The lowest BCUT2D eigenvalue weighted by atomic mass is 10.2. The van der Waals surface area contributed by atoms with Gasteiger partial charge >= 0.3 is 0 Å². The van der Waals surface area contributed by atoms with Gasteiger partial charge in [-0.05, 0) is 44.5 Å². The molecule has 142 valence electrons. The Morgan fingerprint density at radius 1 is 1.33 bits per heavy atom. The van der Waals surface area contributed by atoms with Gasteiger partial charge in [0.2, 0.25) is 5.91 Å². The smallest absolute Gasteiger partial charge is 0.259 e. The predicted octanol–water partition coefficient (Wildman–Crippen LogP) is 5.17. The van der Waals surface area contributed by atoms with Crippen molar-refractivity contribution in [2.75, 3.05) is 5.32 Å². The van der Waals surface area contributed by atoms with Gasteiger partial charge in [0.05, 0.1) is 26.4 Å². The maximum Gasteiger partial charge on any atom is 0.259 e. The first-order valence-corrected chi connectivity index (χ1v) is 10.7. The molecule has 9 heteroatoms. The molecule has 0 saturated carbocycles. The van der Waals surface area contributed by atoms with Gasteiger partial charge in [-0.1, -0.05) is 23.2 Å². The van der Waals surface area contributed by atoms with Crippen LogP contribution >= 0.6 is 46.3 Å². The molecule has 0 aliphatic heterocycles. The SMILES string of the molecule is Cc1sc2nc(CSC(C)C(=O)Nc3ccc(Cl)c(Cl)c3)[nH]c(=O)c2c1C. The molecule has 1 amide bonds. The van der Waals surface area contributed by atoms with E-state index in [9.17, 15) is 9.59 Å². The molecule has 2 N–H and O–H groups in total. The minimum absolute atomic E-state index is 0.134. The zero-order chi connectivity index (χ0) is 19.7. The number of hydrogen-bond acceptors (Lipinski definition) is 5. The number of carbonyl (C=O) groups excluding carboxylic acids is 1. The number of hydrogen-bond donors (Lipinski definition) is 2. The first-order chi connectivity index (χ1) is 12.8. The van der Waals surface area contributed by atoms with Gasteiger partial charge in [0.15, 0.2) is 0 Å². The standard InChI is InChI=1S/C18H17Cl2N3O2S2/c1-8-9(2)27-18-15(8)17(25)22-14(23-18)7-26-10(3)16(24)21-11-4-5-12(19)13(20)6-11/h4-6,10H,7H2,1-3H3,(H,21,24)(H,22,23,25). The summed E-state index contributed by atoms with van der Waals surface area (Å²) in [4.78, 5) is 33.8. The highest BCUT2D eigenvalue weighted by atomic mass is 35.5. The summed E-state index contributed by atoms with van der Waals surface area (Å²) in [5.74, 6) is 0.828. The molecule has 2 heterocycles. The minimum atomic E-state index is -0.340. The first-order valence-electron chi connectivity index (χ1n) is 8.12. The number of thioether (sulfide) groups is 1. The molecule has 0 saturated heterocycles. The number of aryl methyl sites for hydroxylation is 2. The van der Waals surface area contributed by atoms with Crippen molar-refractivity contribution >= 4 is 68.1 Å². The molecule has 0 spiro atoms. The molecule has 1 unspecified atom stereocenters. The van der Waals surface area contributed by atoms with Crippen LogP contribution in [0.15, 0.2) is 23.0 Å². The van der Waals surface area contributed by atoms with Crippen molar-refractivity contribution in [3.8, 4) is 0 Å². The summed E-state index contributed by atoms with van der Waals surface area (Å²) in [6.45, 7) is 5.70. The van der Waals surface area contributed by atoms with Gasteiger partial charge in [0, 0.05) is 10.6 Å². The van der Waals surface area contributed by atoms with Crippen LogP contribution in [-0.4, -0.2) is 21.1 Å². The van der Waals surface area contributed by atoms with Crippen LogP contribution in [0.3, 0.4) is 0 Å². The number of carbonyl (C=O) groups is 1. The summed E-state index contributed by atoms with van der Waals surface area (Å²) in [6.07, 6.45) is 0. The maximum atomic E-state index is 12.4. The summed E-state index contributed by atoms with van der Waals surface area (Å²) >= 11 is 14.7. The van der Waals surface area contributed by atoms with Gasteiger partial charge in [0.25, 0.3) is 5.56 Å². The van der Waals surface area contributed by atoms with E-state index in [4.69, 9.17) is 23.2 Å². The molecule has 0 bridgehead atoms. The van der Waals surface area contributed by atoms with Crippen molar-refractivity contribution in [2.24, 2.45) is 0 Å². The van der Waals surface area contributed by atoms with E-state index in [1.165, 1.54) is 23.1 Å². The number of nitrogens with one attached hydrogen (secondary N) is 2. The highest BCUT2D eigenvalue weighted by Gasteiger charge is 2.16. The zero-order valence-electron chi connectivity index (χ0n) is 14.9. The fourth-order valence-corrected chi connectivity index (χ4v) is 4.57. The number of rotatable bonds is 5. The predicted molar refractivity (Wildman–Crippen MR) is 116 cm³/mol. The van der Waals surface area contributed by atoms with E-state index >= 15 is 0 Å². The first kappa shape index (κ1) is 20.2. The summed E-state index contributed by atoms with van der Waals surface area (Å²) < 4.78 is 0. The Morgan fingerprint density at radius 2 is 2.07 bits per heavy atom. The summed E-state index contributed by atoms with van der Waals surface area (Å²) in [5.41, 5.74) is 1.42. The number of anilines is 1. The van der Waals surface area contributed by atoms with Crippen LogP contribution in [0.25, 0.3) is 10.2 Å². The van der Waals surface area contributed by atoms with E-state index in [0.29, 0.717) is 32.7 Å². The molecule has 0 aliphatic carbocycles. The number of halogens is 2. The molecule has 2 aromatic heterocycles.